The maximum Gasteiger partial charge on any atom is 0.243 e. The molecule has 0 bridgehead atoms. The first kappa shape index (κ1) is 21.2. The quantitative estimate of drug-likeness (QED) is 0.275. The minimum atomic E-state index is -0.341. The van der Waals surface area contributed by atoms with Crippen LogP contribution < -0.4 is 10.8 Å². The van der Waals surface area contributed by atoms with Gasteiger partial charge < -0.3 is 5.32 Å². The van der Waals surface area contributed by atoms with E-state index in [9.17, 15) is 9.59 Å². The Labute approximate surface area is 151 Å². The summed E-state index contributed by atoms with van der Waals surface area (Å²) in [5.74, 6) is 0.147. The van der Waals surface area contributed by atoms with Crippen LogP contribution in [0.2, 0.25) is 0 Å². The van der Waals surface area contributed by atoms with Crippen molar-refractivity contribution in [1.29, 1.82) is 0 Å². The van der Waals surface area contributed by atoms with Gasteiger partial charge in [-0.25, -0.2) is 5.48 Å². The third kappa shape index (κ3) is 10.6. The zero-order valence-electron chi connectivity index (χ0n) is 15.3. The fraction of sp³-hybridized carbons (Fsp3) is 0.600. The number of benzene rings is 1. The first-order valence-electron chi connectivity index (χ1n) is 9.43. The van der Waals surface area contributed by atoms with E-state index in [1.165, 1.54) is 25.7 Å². The lowest BCUT2D eigenvalue weighted by Crippen LogP contribution is -2.18. The summed E-state index contributed by atoms with van der Waals surface area (Å²) in [6.45, 7) is 2.19. The minimum absolute atomic E-state index is 0.0397. The van der Waals surface area contributed by atoms with Gasteiger partial charge in [0, 0.05) is 18.5 Å². The topological polar surface area (TPSA) is 78.4 Å². The van der Waals surface area contributed by atoms with Crippen LogP contribution in [0.1, 0.15) is 71.1 Å². The Hall–Kier alpha value is -1.88. The van der Waals surface area contributed by atoms with E-state index in [1.54, 1.807) is 5.48 Å². The summed E-state index contributed by atoms with van der Waals surface area (Å²) in [6.07, 6.45) is 9.27. The second-order valence-electron chi connectivity index (χ2n) is 6.60. The first-order chi connectivity index (χ1) is 12.2. The molecule has 3 N–H and O–H groups in total. The Bertz CT molecular complexity index is 491. The Morgan fingerprint density at radius 2 is 1.64 bits per heavy atom. The summed E-state index contributed by atoms with van der Waals surface area (Å²) in [5.41, 5.74) is 2.50. The Morgan fingerprint density at radius 3 is 2.32 bits per heavy atom. The van der Waals surface area contributed by atoms with E-state index in [2.05, 4.69) is 12.2 Å². The van der Waals surface area contributed by atoms with Crippen LogP contribution >= 0.6 is 0 Å². The molecule has 0 fully saturated rings. The minimum Gasteiger partial charge on any atom is -0.326 e. The molecule has 1 aromatic carbocycles. The van der Waals surface area contributed by atoms with Crippen LogP contribution in [0.4, 0.5) is 5.69 Å². The fourth-order valence-corrected chi connectivity index (χ4v) is 2.98. The van der Waals surface area contributed by atoms with Gasteiger partial charge in [0.15, 0.2) is 0 Å². The molecule has 1 aromatic rings. The van der Waals surface area contributed by atoms with Gasteiger partial charge in [-0.1, -0.05) is 57.2 Å². The zero-order chi connectivity index (χ0) is 18.3. The van der Waals surface area contributed by atoms with Gasteiger partial charge in [-0.15, -0.1) is 0 Å². The smallest absolute Gasteiger partial charge is 0.243 e. The van der Waals surface area contributed by atoms with Gasteiger partial charge in [0.25, 0.3) is 0 Å². The molecule has 0 aromatic heterocycles. The SMILES string of the molecule is CCCCCCC(CCCC(=O)NO)CCC(=O)Nc1ccccc1. The average Bonchev–Trinajstić information content (AvgIpc) is 2.63. The monoisotopic (exact) mass is 348 g/mol. The lowest BCUT2D eigenvalue weighted by molar-refractivity contribution is -0.129. The first-order valence-corrected chi connectivity index (χ1v) is 9.43. The number of para-hydroxylation sites is 1. The van der Waals surface area contributed by atoms with Crippen LogP contribution in [0.3, 0.4) is 0 Å². The van der Waals surface area contributed by atoms with E-state index < -0.39 is 0 Å². The maximum atomic E-state index is 12.1. The van der Waals surface area contributed by atoms with E-state index in [-0.39, 0.29) is 11.8 Å². The van der Waals surface area contributed by atoms with Crippen molar-refractivity contribution in [3.8, 4) is 0 Å². The average molecular weight is 348 g/mol. The van der Waals surface area contributed by atoms with Crippen LogP contribution in [0.25, 0.3) is 0 Å². The number of hydroxylamine groups is 1. The number of carbonyl (C=O) groups is 2. The molecule has 2 amide bonds. The lowest BCUT2D eigenvalue weighted by atomic mass is 9.91. The predicted molar refractivity (Wildman–Crippen MR) is 100 cm³/mol. The van der Waals surface area contributed by atoms with Crippen molar-refractivity contribution in [2.75, 3.05) is 5.32 Å². The summed E-state index contributed by atoms with van der Waals surface area (Å²) in [5, 5.41) is 11.5. The molecule has 0 saturated carbocycles. The van der Waals surface area contributed by atoms with Crippen molar-refractivity contribution >= 4 is 17.5 Å². The largest absolute Gasteiger partial charge is 0.326 e. The lowest BCUT2D eigenvalue weighted by Gasteiger charge is -2.16. The van der Waals surface area contributed by atoms with Crippen molar-refractivity contribution in [3.63, 3.8) is 0 Å². The van der Waals surface area contributed by atoms with Gasteiger partial charge >= 0.3 is 0 Å². The van der Waals surface area contributed by atoms with Gasteiger partial charge in [0.05, 0.1) is 0 Å². The van der Waals surface area contributed by atoms with Gasteiger partial charge in [0.2, 0.25) is 11.8 Å². The van der Waals surface area contributed by atoms with E-state index >= 15 is 0 Å². The van der Waals surface area contributed by atoms with Gasteiger partial charge in [-0.2, -0.15) is 0 Å². The summed E-state index contributed by atoms with van der Waals surface area (Å²) >= 11 is 0. The van der Waals surface area contributed by atoms with Crippen LogP contribution in [-0.2, 0) is 9.59 Å². The Morgan fingerprint density at radius 1 is 0.920 bits per heavy atom. The zero-order valence-corrected chi connectivity index (χ0v) is 15.3. The molecular formula is C20H32N2O3. The molecule has 0 spiro atoms. The van der Waals surface area contributed by atoms with Crippen molar-refractivity contribution < 1.29 is 14.8 Å². The number of nitrogens with one attached hydrogen (secondary N) is 2. The second-order valence-corrected chi connectivity index (χ2v) is 6.60. The summed E-state index contributed by atoms with van der Waals surface area (Å²) in [6, 6.07) is 9.49. The van der Waals surface area contributed by atoms with Crippen molar-refractivity contribution in [2.24, 2.45) is 5.92 Å². The molecule has 0 aliphatic rings. The standard InChI is InChI=1S/C20H32N2O3/c1-2-3-4-6-10-17(11-9-14-20(24)22-25)15-16-19(23)21-18-12-7-5-8-13-18/h5,7-8,12-13,17,25H,2-4,6,9-11,14-16H2,1H3,(H,21,23)(H,22,24). The third-order valence-electron chi connectivity index (χ3n) is 4.44. The van der Waals surface area contributed by atoms with Crippen LogP contribution in [0.15, 0.2) is 30.3 Å². The highest BCUT2D eigenvalue weighted by molar-refractivity contribution is 5.90. The van der Waals surface area contributed by atoms with Crippen molar-refractivity contribution in [2.45, 2.75) is 71.1 Å². The molecule has 0 heterocycles. The van der Waals surface area contributed by atoms with Crippen molar-refractivity contribution in [1.82, 2.24) is 5.48 Å². The number of hydrogen-bond donors (Lipinski definition) is 3. The maximum absolute atomic E-state index is 12.1. The molecule has 1 rings (SSSR count). The molecule has 0 aliphatic heterocycles. The molecule has 0 radical (unpaired) electrons. The highest BCUT2D eigenvalue weighted by Gasteiger charge is 2.12. The molecular weight excluding hydrogens is 316 g/mol. The molecule has 1 atom stereocenters. The van der Waals surface area contributed by atoms with Crippen molar-refractivity contribution in [3.05, 3.63) is 30.3 Å². The van der Waals surface area contributed by atoms with E-state index in [0.29, 0.717) is 18.8 Å². The normalized spacial score (nSPS) is 11.8. The number of unbranched alkanes of at least 4 members (excludes halogenated alkanes) is 3. The molecule has 0 aliphatic carbocycles. The van der Waals surface area contributed by atoms with Gasteiger partial charge in [-0.3, -0.25) is 14.8 Å². The molecule has 5 heteroatoms. The summed E-state index contributed by atoms with van der Waals surface area (Å²) in [4.78, 5) is 23.2. The Kier molecular flexibility index (Phi) is 11.4. The third-order valence-corrected chi connectivity index (χ3v) is 4.44. The molecule has 1 unspecified atom stereocenters. The molecule has 0 saturated heterocycles. The number of amides is 2. The highest BCUT2D eigenvalue weighted by Crippen LogP contribution is 2.22. The van der Waals surface area contributed by atoms with Crippen LogP contribution in [0.5, 0.6) is 0 Å². The van der Waals surface area contributed by atoms with Gasteiger partial charge in [-0.05, 0) is 37.3 Å². The molecule has 25 heavy (non-hydrogen) atoms. The van der Waals surface area contributed by atoms with E-state index in [4.69, 9.17) is 5.21 Å². The van der Waals surface area contributed by atoms with E-state index in [1.807, 2.05) is 30.3 Å². The second kappa shape index (κ2) is 13.4. The summed E-state index contributed by atoms with van der Waals surface area (Å²) in [7, 11) is 0. The molecule has 140 valence electrons. The number of rotatable bonds is 13. The fourth-order valence-electron chi connectivity index (χ4n) is 2.98. The van der Waals surface area contributed by atoms with E-state index in [0.717, 1.165) is 31.4 Å². The highest BCUT2D eigenvalue weighted by atomic mass is 16.5. The number of carbonyl (C=O) groups excluding carboxylic acids is 2. The van der Waals surface area contributed by atoms with Crippen LogP contribution in [0, 0.1) is 5.92 Å². The summed E-state index contributed by atoms with van der Waals surface area (Å²) < 4.78 is 0. The predicted octanol–water partition coefficient (Wildman–Crippen LogP) is 4.67. The Balaban J connectivity index is 2.36. The molecule has 5 nitrogen and oxygen atoms in total. The van der Waals surface area contributed by atoms with Crippen LogP contribution in [-0.4, -0.2) is 17.0 Å². The van der Waals surface area contributed by atoms with Gasteiger partial charge in [0.1, 0.15) is 0 Å². The number of anilines is 1. The number of hydrogen-bond acceptors (Lipinski definition) is 3.